The minimum absolute atomic E-state index is 0.113. The van der Waals surface area contributed by atoms with Crippen LogP contribution in [-0.4, -0.2) is 29.9 Å². The van der Waals surface area contributed by atoms with Gasteiger partial charge in [-0.25, -0.2) is 0 Å². The molecule has 0 saturated heterocycles. The summed E-state index contributed by atoms with van der Waals surface area (Å²) in [5.74, 6) is 1.12. The monoisotopic (exact) mass is 331 g/mol. The Bertz CT molecular complexity index is 720. The Morgan fingerprint density at radius 2 is 1.88 bits per heavy atom. The Hall–Kier alpha value is -2.50. The number of carbonyl (C=O) groups is 1. The molecule has 0 aliphatic carbocycles. The second kappa shape index (κ2) is 6.95. The molecule has 0 spiro atoms. The van der Waals surface area contributed by atoms with E-state index in [2.05, 4.69) is 10.4 Å². The average molecular weight is 331 g/mol. The number of amides is 1. The first-order valence-electron chi connectivity index (χ1n) is 7.87. The van der Waals surface area contributed by atoms with Crippen LogP contribution in [-0.2, 0) is 10.2 Å². The number of benzene rings is 1. The van der Waals surface area contributed by atoms with Crippen LogP contribution in [0.25, 0.3) is 0 Å². The van der Waals surface area contributed by atoms with E-state index < -0.39 is 5.41 Å². The highest BCUT2D eigenvalue weighted by molar-refractivity contribution is 5.98. The quantitative estimate of drug-likeness (QED) is 0.881. The fraction of sp³-hybridized carbons (Fsp3) is 0.444. The van der Waals surface area contributed by atoms with E-state index in [0.717, 1.165) is 5.56 Å². The molecule has 24 heavy (non-hydrogen) atoms. The summed E-state index contributed by atoms with van der Waals surface area (Å²) in [6.07, 6.45) is 3.48. The van der Waals surface area contributed by atoms with Crippen molar-refractivity contribution in [3.63, 3.8) is 0 Å². The number of hydrogen-bond donors (Lipinski definition) is 1. The molecule has 2 rings (SSSR count). The van der Waals surface area contributed by atoms with Crippen LogP contribution < -0.4 is 14.8 Å². The lowest BCUT2D eigenvalue weighted by atomic mass is 9.83. The van der Waals surface area contributed by atoms with Gasteiger partial charge in [0.05, 0.1) is 31.5 Å². The van der Waals surface area contributed by atoms with E-state index >= 15 is 0 Å². The lowest BCUT2D eigenvalue weighted by Crippen LogP contribution is -2.34. The summed E-state index contributed by atoms with van der Waals surface area (Å²) >= 11 is 0. The second-order valence-electron chi connectivity index (χ2n) is 6.45. The van der Waals surface area contributed by atoms with Crippen molar-refractivity contribution in [3.8, 4) is 11.5 Å². The zero-order valence-corrected chi connectivity index (χ0v) is 15.1. The Morgan fingerprint density at radius 3 is 2.42 bits per heavy atom. The molecule has 6 nitrogen and oxygen atoms in total. The first kappa shape index (κ1) is 17.8. The van der Waals surface area contributed by atoms with Crippen LogP contribution in [0, 0.1) is 0 Å². The van der Waals surface area contributed by atoms with Crippen LogP contribution in [0.5, 0.6) is 11.5 Å². The largest absolute Gasteiger partial charge is 0.493 e. The average Bonchev–Trinajstić information content (AvgIpc) is 3.02. The van der Waals surface area contributed by atoms with E-state index in [9.17, 15) is 4.79 Å². The molecule has 0 atom stereocenters. The van der Waals surface area contributed by atoms with E-state index in [0.29, 0.717) is 17.2 Å². The Labute approximate surface area is 142 Å². The second-order valence-corrected chi connectivity index (χ2v) is 6.45. The van der Waals surface area contributed by atoms with Gasteiger partial charge in [-0.1, -0.05) is 6.07 Å². The van der Waals surface area contributed by atoms with Crippen LogP contribution in [0.3, 0.4) is 0 Å². The van der Waals surface area contributed by atoms with Gasteiger partial charge in [0.25, 0.3) is 0 Å². The number of ether oxygens (including phenoxy) is 2. The lowest BCUT2D eigenvalue weighted by Gasteiger charge is -2.24. The van der Waals surface area contributed by atoms with E-state index in [1.807, 2.05) is 46.0 Å². The van der Waals surface area contributed by atoms with Crippen molar-refractivity contribution in [1.29, 1.82) is 0 Å². The maximum Gasteiger partial charge on any atom is 0.234 e. The molecular formula is C18H25N3O3. The summed E-state index contributed by atoms with van der Waals surface area (Å²) in [6, 6.07) is 5.75. The van der Waals surface area contributed by atoms with Crippen LogP contribution in [0.4, 0.5) is 5.69 Å². The Morgan fingerprint density at radius 1 is 1.21 bits per heavy atom. The zero-order chi connectivity index (χ0) is 17.9. The number of methoxy groups -OCH3 is 2. The van der Waals surface area contributed by atoms with Gasteiger partial charge in [-0.3, -0.25) is 9.48 Å². The number of nitrogens with zero attached hydrogens (tertiary/aromatic N) is 2. The number of hydrogen-bond acceptors (Lipinski definition) is 4. The van der Waals surface area contributed by atoms with Crippen molar-refractivity contribution in [2.45, 2.75) is 39.2 Å². The predicted octanol–water partition coefficient (Wildman–Crippen LogP) is 3.40. The highest BCUT2D eigenvalue weighted by atomic mass is 16.5. The first-order valence-corrected chi connectivity index (χ1v) is 7.87. The molecular weight excluding hydrogens is 306 g/mol. The normalized spacial score (nSPS) is 11.5. The van der Waals surface area contributed by atoms with Crippen molar-refractivity contribution in [3.05, 3.63) is 36.2 Å². The number of anilines is 1. The molecule has 1 aromatic carbocycles. The summed E-state index contributed by atoms with van der Waals surface area (Å²) in [7, 11) is 3.16. The van der Waals surface area contributed by atoms with Crippen LogP contribution in [0.2, 0.25) is 0 Å². The lowest BCUT2D eigenvalue weighted by molar-refractivity contribution is -0.120. The zero-order valence-electron chi connectivity index (χ0n) is 15.1. The SMILES string of the molecule is COc1ccc(C(C)(C)C(=O)Nc2cnn(C(C)C)c2)cc1OC. The maximum atomic E-state index is 12.7. The van der Waals surface area contributed by atoms with E-state index in [4.69, 9.17) is 9.47 Å². The number of rotatable bonds is 6. The predicted molar refractivity (Wildman–Crippen MR) is 93.8 cm³/mol. The standard InChI is InChI=1S/C18H25N3O3/c1-12(2)21-11-14(10-19-21)20-17(22)18(3,4)13-7-8-15(23-5)16(9-13)24-6/h7-12H,1-6H3,(H,20,22). The molecule has 0 bridgehead atoms. The Kier molecular flexibility index (Phi) is 5.17. The fourth-order valence-electron chi connectivity index (χ4n) is 2.33. The summed E-state index contributed by atoms with van der Waals surface area (Å²) in [4.78, 5) is 12.7. The summed E-state index contributed by atoms with van der Waals surface area (Å²) < 4.78 is 12.4. The topological polar surface area (TPSA) is 65.4 Å². The van der Waals surface area contributed by atoms with E-state index in [1.54, 1.807) is 31.2 Å². The number of nitrogens with one attached hydrogen (secondary N) is 1. The van der Waals surface area contributed by atoms with E-state index in [1.165, 1.54) is 0 Å². The molecule has 0 unspecified atom stereocenters. The van der Waals surface area contributed by atoms with Gasteiger partial charge in [0.2, 0.25) is 5.91 Å². The van der Waals surface area contributed by atoms with E-state index in [-0.39, 0.29) is 11.9 Å². The molecule has 1 amide bonds. The van der Waals surface area contributed by atoms with Crippen molar-refractivity contribution in [1.82, 2.24) is 9.78 Å². The summed E-state index contributed by atoms with van der Waals surface area (Å²) in [6.45, 7) is 7.81. The van der Waals surface area contributed by atoms with Crippen LogP contribution >= 0.6 is 0 Å². The number of carbonyl (C=O) groups excluding carboxylic acids is 1. The van der Waals surface area contributed by atoms with Gasteiger partial charge in [0.1, 0.15) is 0 Å². The van der Waals surface area contributed by atoms with Crippen LogP contribution in [0.1, 0.15) is 39.3 Å². The molecule has 1 heterocycles. The van der Waals surface area contributed by atoms with Crippen molar-refractivity contribution in [2.24, 2.45) is 0 Å². The summed E-state index contributed by atoms with van der Waals surface area (Å²) in [5, 5.41) is 7.17. The minimum Gasteiger partial charge on any atom is -0.493 e. The molecule has 1 aromatic heterocycles. The molecule has 1 N–H and O–H groups in total. The molecule has 6 heteroatoms. The third-order valence-corrected chi connectivity index (χ3v) is 4.06. The third-order valence-electron chi connectivity index (χ3n) is 4.06. The smallest absolute Gasteiger partial charge is 0.234 e. The maximum absolute atomic E-state index is 12.7. The minimum atomic E-state index is -0.737. The summed E-state index contributed by atoms with van der Waals surface area (Å²) in [5.41, 5.74) is 0.788. The van der Waals surface area contributed by atoms with Gasteiger partial charge in [0.15, 0.2) is 11.5 Å². The van der Waals surface area contributed by atoms with Crippen molar-refractivity contribution < 1.29 is 14.3 Å². The van der Waals surface area contributed by atoms with Gasteiger partial charge in [0, 0.05) is 12.2 Å². The number of aromatic nitrogens is 2. The first-order chi connectivity index (χ1) is 11.3. The fourth-order valence-corrected chi connectivity index (χ4v) is 2.33. The Balaban J connectivity index is 2.23. The molecule has 0 aliphatic rings. The van der Waals surface area contributed by atoms with Gasteiger partial charge >= 0.3 is 0 Å². The van der Waals surface area contributed by atoms with Gasteiger partial charge in [-0.05, 0) is 45.4 Å². The molecule has 0 aliphatic heterocycles. The van der Waals surface area contributed by atoms with Crippen molar-refractivity contribution in [2.75, 3.05) is 19.5 Å². The molecule has 0 fully saturated rings. The third kappa shape index (κ3) is 3.53. The molecule has 0 saturated carbocycles. The van der Waals surface area contributed by atoms with Gasteiger partial charge < -0.3 is 14.8 Å². The van der Waals surface area contributed by atoms with Gasteiger partial charge in [-0.15, -0.1) is 0 Å². The highest BCUT2D eigenvalue weighted by Gasteiger charge is 2.31. The van der Waals surface area contributed by atoms with Crippen LogP contribution in [0.15, 0.2) is 30.6 Å². The van der Waals surface area contributed by atoms with Gasteiger partial charge in [-0.2, -0.15) is 5.10 Å². The highest BCUT2D eigenvalue weighted by Crippen LogP contribution is 2.33. The molecule has 0 radical (unpaired) electrons. The molecule has 130 valence electrons. The van der Waals surface area contributed by atoms with Crippen molar-refractivity contribution >= 4 is 11.6 Å². The molecule has 2 aromatic rings.